The fraction of sp³-hybridized carbons (Fsp3) is 0.111. The van der Waals surface area contributed by atoms with E-state index in [1.54, 1.807) is 25.4 Å². The molecular weight excluding hydrogens is 463 g/mol. The van der Waals surface area contributed by atoms with Crippen molar-refractivity contribution >= 4 is 11.3 Å². The number of aryl methyl sites for hydroxylation is 2. The smallest absolute Gasteiger partial charge is 0.262 e. The Hall–Kier alpha value is -4.17. The van der Waals surface area contributed by atoms with Crippen LogP contribution in [0.2, 0.25) is 0 Å². The summed E-state index contributed by atoms with van der Waals surface area (Å²) in [4.78, 5) is 27.5. The molecule has 3 aromatic heterocycles. The molecule has 5 rings (SSSR count). The maximum Gasteiger partial charge on any atom is 0.262 e. The average molecular weight is 485 g/mol. The predicted molar refractivity (Wildman–Crippen MR) is 135 cm³/mol. The zero-order valence-electron chi connectivity index (χ0n) is 18.9. The van der Waals surface area contributed by atoms with E-state index in [9.17, 15) is 14.3 Å². The minimum Gasteiger partial charge on any atom is -0.504 e. The van der Waals surface area contributed by atoms with Gasteiger partial charge in [0.05, 0.1) is 16.8 Å². The molecule has 0 spiro atoms. The van der Waals surface area contributed by atoms with Gasteiger partial charge in [-0.05, 0) is 48.1 Å². The monoisotopic (exact) mass is 484 g/mol. The van der Waals surface area contributed by atoms with E-state index in [0.717, 1.165) is 21.6 Å². The lowest BCUT2D eigenvalue weighted by atomic mass is 10.1. The highest BCUT2D eigenvalue weighted by Crippen LogP contribution is 2.34. The number of hydrogen-bond acceptors (Lipinski definition) is 6. The van der Waals surface area contributed by atoms with Crippen molar-refractivity contribution in [1.82, 2.24) is 19.5 Å². The van der Waals surface area contributed by atoms with E-state index in [1.165, 1.54) is 34.4 Å². The van der Waals surface area contributed by atoms with Gasteiger partial charge in [-0.2, -0.15) is 0 Å². The molecule has 0 aliphatic carbocycles. The maximum absolute atomic E-state index is 14.2. The number of aromatic nitrogens is 4. The van der Waals surface area contributed by atoms with Gasteiger partial charge in [0, 0.05) is 29.4 Å². The highest BCUT2D eigenvalue weighted by Gasteiger charge is 2.21. The summed E-state index contributed by atoms with van der Waals surface area (Å²) in [6, 6.07) is 16.0. The van der Waals surface area contributed by atoms with Gasteiger partial charge < -0.3 is 5.11 Å². The molecule has 3 heterocycles. The molecule has 0 saturated carbocycles. The van der Waals surface area contributed by atoms with Gasteiger partial charge in [0.25, 0.3) is 5.56 Å². The molecule has 0 bridgehead atoms. The zero-order valence-corrected chi connectivity index (χ0v) is 19.7. The number of hydrogen-bond donors (Lipinski definition) is 1. The third-order valence-corrected chi connectivity index (χ3v) is 6.73. The van der Waals surface area contributed by atoms with E-state index in [1.807, 2.05) is 41.8 Å². The van der Waals surface area contributed by atoms with Gasteiger partial charge in [-0.15, -0.1) is 11.3 Å². The van der Waals surface area contributed by atoms with Crippen molar-refractivity contribution in [2.45, 2.75) is 19.9 Å². The van der Waals surface area contributed by atoms with Crippen LogP contribution in [0.4, 0.5) is 4.39 Å². The van der Waals surface area contributed by atoms with Crippen LogP contribution in [0.1, 0.15) is 11.3 Å². The summed E-state index contributed by atoms with van der Waals surface area (Å²) in [6.07, 6.45) is 5.48. The van der Waals surface area contributed by atoms with E-state index in [0.29, 0.717) is 24.2 Å². The lowest BCUT2D eigenvalue weighted by Crippen LogP contribution is -2.27. The van der Waals surface area contributed by atoms with Gasteiger partial charge in [0.2, 0.25) is 0 Å². The van der Waals surface area contributed by atoms with Crippen molar-refractivity contribution in [3.05, 3.63) is 106 Å². The van der Waals surface area contributed by atoms with Gasteiger partial charge in [-0.1, -0.05) is 36.4 Å². The summed E-state index contributed by atoms with van der Waals surface area (Å²) < 4.78 is 15.7. The molecule has 0 atom stereocenters. The lowest BCUT2D eigenvalue weighted by molar-refractivity contribution is 0.433. The molecule has 0 saturated heterocycles. The van der Waals surface area contributed by atoms with Crippen LogP contribution in [0, 0.1) is 12.7 Å². The number of phenols is 1. The number of phenolic OH excluding ortho intramolecular Hbond substituents is 1. The fourth-order valence-corrected chi connectivity index (χ4v) is 5.01. The van der Waals surface area contributed by atoms with Crippen LogP contribution >= 0.6 is 11.3 Å². The van der Waals surface area contributed by atoms with Crippen LogP contribution in [-0.2, 0) is 13.0 Å². The normalized spacial score (nSPS) is 11.0. The highest BCUT2D eigenvalue weighted by atomic mass is 32.1. The first-order chi connectivity index (χ1) is 17.0. The molecule has 0 amide bonds. The van der Waals surface area contributed by atoms with Crippen molar-refractivity contribution in [2.24, 2.45) is 0 Å². The minimum absolute atomic E-state index is 0.179. The Morgan fingerprint density at radius 1 is 1.03 bits per heavy atom. The van der Waals surface area contributed by atoms with Gasteiger partial charge in [-0.25, -0.2) is 19.3 Å². The Balaban J connectivity index is 1.65. The second-order valence-corrected chi connectivity index (χ2v) is 8.96. The summed E-state index contributed by atoms with van der Waals surface area (Å²) in [7, 11) is 0. The Morgan fingerprint density at radius 3 is 2.57 bits per heavy atom. The van der Waals surface area contributed by atoms with Crippen LogP contribution in [-0.4, -0.2) is 24.6 Å². The summed E-state index contributed by atoms with van der Waals surface area (Å²) in [5.41, 5.74) is 3.73. The second kappa shape index (κ2) is 9.60. The van der Waals surface area contributed by atoms with Crippen LogP contribution in [0.25, 0.3) is 33.0 Å². The summed E-state index contributed by atoms with van der Waals surface area (Å²) >= 11 is 1.44. The third kappa shape index (κ3) is 4.48. The van der Waals surface area contributed by atoms with Crippen molar-refractivity contribution < 1.29 is 9.50 Å². The van der Waals surface area contributed by atoms with Crippen LogP contribution in [0.5, 0.6) is 5.75 Å². The quantitative estimate of drug-likeness (QED) is 0.345. The van der Waals surface area contributed by atoms with Crippen LogP contribution in [0.15, 0.2) is 83.5 Å². The zero-order chi connectivity index (χ0) is 24.4. The number of halogens is 1. The molecule has 1 N–H and O–H groups in total. The molecule has 0 aliphatic rings. The molecule has 0 radical (unpaired) electrons. The topological polar surface area (TPSA) is 80.9 Å². The summed E-state index contributed by atoms with van der Waals surface area (Å²) in [5, 5.41) is 12.4. The first-order valence-corrected chi connectivity index (χ1v) is 11.9. The standard InChI is InChI=1S/C27H21FN4O2S/c1-17-24(23-12-19(15-35-23)20-13-29-16-30-14-20)27(34)32(11-10-18-6-3-2-4-7-18)26(31-17)21-8-5-9-22(28)25(21)33/h2-9,12-16,33H,10-11H2,1H3. The number of nitrogens with zero attached hydrogens (tertiary/aromatic N) is 4. The Morgan fingerprint density at radius 2 is 1.80 bits per heavy atom. The van der Waals surface area contributed by atoms with Gasteiger partial charge in [0.1, 0.15) is 12.2 Å². The summed E-state index contributed by atoms with van der Waals surface area (Å²) in [5.74, 6) is -1.05. The minimum atomic E-state index is -0.763. The molecule has 0 aliphatic heterocycles. The van der Waals surface area contributed by atoms with E-state index < -0.39 is 11.6 Å². The van der Waals surface area contributed by atoms with E-state index in [2.05, 4.69) is 9.97 Å². The van der Waals surface area contributed by atoms with Gasteiger partial charge >= 0.3 is 0 Å². The molecule has 35 heavy (non-hydrogen) atoms. The van der Waals surface area contributed by atoms with E-state index in [-0.39, 0.29) is 16.9 Å². The SMILES string of the molecule is Cc1nc(-c2cccc(F)c2O)n(CCc2ccccc2)c(=O)c1-c1cc(-c2cncnc2)cs1. The average Bonchev–Trinajstić information content (AvgIpc) is 3.36. The largest absolute Gasteiger partial charge is 0.504 e. The Kier molecular flexibility index (Phi) is 6.20. The first kappa shape index (κ1) is 22.6. The number of rotatable bonds is 6. The molecule has 6 nitrogen and oxygen atoms in total. The molecule has 0 unspecified atom stereocenters. The van der Waals surface area contributed by atoms with E-state index in [4.69, 9.17) is 4.98 Å². The number of aromatic hydroxyl groups is 1. The highest BCUT2D eigenvalue weighted by molar-refractivity contribution is 7.14. The second-order valence-electron chi connectivity index (χ2n) is 8.05. The third-order valence-electron chi connectivity index (χ3n) is 5.78. The molecule has 5 aromatic rings. The maximum atomic E-state index is 14.2. The predicted octanol–water partition coefficient (Wildman–Crippen LogP) is 5.49. The molecule has 8 heteroatoms. The molecular formula is C27H21FN4O2S. The van der Waals surface area contributed by atoms with Crippen molar-refractivity contribution in [3.8, 4) is 38.7 Å². The lowest BCUT2D eigenvalue weighted by Gasteiger charge is -2.16. The molecule has 0 fully saturated rings. The van der Waals surface area contributed by atoms with Gasteiger partial charge in [0.15, 0.2) is 11.6 Å². The number of benzene rings is 2. The Bertz CT molecular complexity index is 1550. The van der Waals surface area contributed by atoms with Crippen molar-refractivity contribution in [3.63, 3.8) is 0 Å². The van der Waals surface area contributed by atoms with Gasteiger partial charge in [-0.3, -0.25) is 9.36 Å². The van der Waals surface area contributed by atoms with Crippen LogP contribution < -0.4 is 5.56 Å². The molecule has 174 valence electrons. The first-order valence-electron chi connectivity index (χ1n) is 11.0. The number of thiophene rings is 1. The summed E-state index contributed by atoms with van der Waals surface area (Å²) in [6.45, 7) is 2.07. The molecule has 2 aromatic carbocycles. The Labute approximate surface area is 205 Å². The fourth-order valence-electron chi connectivity index (χ4n) is 4.01. The van der Waals surface area contributed by atoms with Crippen molar-refractivity contribution in [1.29, 1.82) is 0 Å². The van der Waals surface area contributed by atoms with Crippen molar-refractivity contribution in [2.75, 3.05) is 0 Å². The van der Waals surface area contributed by atoms with Crippen LogP contribution in [0.3, 0.4) is 0 Å². The number of para-hydroxylation sites is 1. The van der Waals surface area contributed by atoms with E-state index >= 15 is 0 Å².